The monoisotopic (exact) mass is 331 g/mol. The van der Waals surface area contributed by atoms with E-state index in [1.54, 1.807) is 27.7 Å². The Balaban J connectivity index is 4.62. The third-order valence-electron chi connectivity index (χ3n) is 2.63. The van der Waals surface area contributed by atoms with Gasteiger partial charge in [-0.1, -0.05) is 13.3 Å². The summed E-state index contributed by atoms with van der Waals surface area (Å²) in [5.41, 5.74) is -0.679. The van der Waals surface area contributed by atoms with Gasteiger partial charge in [0.05, 0.1) is 13.2 Å². The Kier molecular flexibility index (Phi) is 10.2. The quantitative estimate of drug-likeness (QED) is 0.375. The van der Waals surface area contributed by atoms with Crippen LogP contribution < -0.4 is 5.32 Å². The third-order valence-corrected chi connectivity index (χ3v) is 2.63. The van der Waals surface area contributed by atoms with E-state index in [4.69, 9.17) is 14.2 Å². The Morgan fingerprint density at radius 2 is 1.78 bits per heavy atom. The fraction of sp³-hybridized carbons (Fsp3) is 0.812. The number of carbonyl (C=O) groups is 3. The summed E-state index contributed by atoms with van der Waals surface area (Å²) in [6, 6.07) is -0.939. The minimum Gasteiger partial charge on any atom is -0.466 e. The second-order valence-electron chi connectivity index (χ2n) is 6.08. The molecule has 0 rings (SSSR count). The van der Waals surface area contributed by atoms with Crippen molar-refractivity contribution < 1.29 is 28.6 Å². The summed E-state index contributed by atoms with van der Waals surface area (Å²) in [6.45, 7) is 9.52. The van der Waals surface area contributed by atoms with Crippen molar-refractivity contribution in [2.24, 2.45) is 0 Å². The van der Waals surface area contributed by atoms with Crippen molar-refractivity contribution in [1.29, 1.82) is 0 Å². The van der Waals surface area contributed by atoms with E-state index in [0.29, 0.717) is 6.61 Å². The topological polar surface area (TPSA) is 90.9 Å². The lowest BCUT2D eigenvalue weighted by molar-refractivity contribution is -0.146. The minimum absolute atomic E-state index is 0.00250. The summed E-state index contributed by atoms with van der Waals surface area (Å²) in [7, 11) is 0. The van der Waals surface area contributed by atoms with Crippen LogP contribution in [0.15, 0.2) is 0 Å². The maximum absolute atomic E-state index is 12.1. The molecule has 1 N–H and O–H groups in total. The van der Waals surface area contributed by atoms with Crippen LogP contribution in [0, 0.1) is 0 Å². The summed E-state index contributed by atoms with van der Waals surface area (Å²) in [4.78, 5) is 35.4. The number of hydrogen-bond acceptors (Lipinski definition) is 6. The number of amides is 1. The molecule has 0 aromatic rings. The number of alkyl carbamates (subject to hydrolysis) is 1. The van der Waals surface area contributed by atoms with Crippen molar-refractivity contribution in [2.75, 3.05) is 19.8 Å². The molecule has 0 saturated heterocycles. The lowest BCUT2D eigenvalue weighted by Gasteiger charge is -2.23. The zero-order valence-corrected chi connectivity index (χ0v) is 14.8. The van der Waals surface area contributed by atoms with Crippen LogP contribution in [-0.4, -0.2) is 49.3 Å². The lowest BCUT2D eigenvalue weighted by Crippen LogP contribution is -2.46. The SMILES string of the molecule is CCCCOC[C@@H](NC(=O)OC(C)(C)C)C(=O)CC(=O)OCC. The molecule has 0 heterocycles. The molecule has 0 unspecified atom stereocenters. The number of ketones is 1. The van der Waals surface area contributed by atoms with Gasteiger partial charge in [0, 0.05) is 6.61 Å². The number of esters is 1. The van der Waals surface area contributed by atoms with E-state index in [0.717, 1.165) is 12.8 Å². The van der Waals surface area contributed by atoms with E-state index >= 15 is 0 Å². The average molecular weight is 331 g/mol. The Labute approximate surface area is 138 Å². The smallest absolute Gasteiger partial charge is 0.408 e. The molecule has 0 aliphatic heterocycles. The molecular formula is C16H29NO6. The first kappa shape index (κ1) is 21.4. The molecule has 0 aromatic carbocycles. The number of rotatable bonds is 10. The summed E-state index contributed by atoms with van der Waals surface area (Å²) >= 11 is 0. The highest BCUT2D eigenvalue weighted by Gasteiger charge is 2.26. The van der Waals surface area contributed by atoms with Crippen LogP contribution in [0.5, 0.6) is 0 Å². The molecule has 7 heteroatoms. The van der Waals surface area contributed by atoms with Crippen LogP contribution in [0.2, 0.25) is 0 Å². The molecular weight excluding hydrogens is 302 g/mol. The second-order valence-corrected chi connectivity index (χ2v) is 6.08. The van der Waals surface area contributed by atoms with Crippen LogP contribution in [-0.2, 0) is 23.8 Å². The zero-order valence-electron chi connectivity index (χ0n) is 14.8. The van der Waals surface area contributed by atoms with E-state index in [1.807, 2.05) is 6.92 Å². The maximum Gasteiger partial charge on any atom is 0.408 e. The van der Waals surface area contributed by atoms with Crippen LogP contribution in [0.3, 0.4) is 0 Å². The minimum atomic E-state index is -0.939. The Hall–Kier alpha value is -1.63. The van der Waals surface area contributed by atoms with Gasteiger partial charge in [-0.25, -0.2) is 4.79 Å². The molecule has 0 bridgehead atoms. The molecule has 7 nitrogen and oxygen atoms in total. The first-order valence-electron chi connectivity index (χ1n) is 7.95. The molecule has 0 radical (unpaired) electrons. The van der Waals surface area contributed by atoms with Gasteiger partial charge < -0.3 is 19.5 Å². The summed E-state index contributed by atoms with van der Waals surface area (Å²) < 4.78 is 15.3. The normalized spacial score (nSPS) is 12.4. The standard InChI is InChI=1S/C16H29NO6/c1-6-8-9-21-11-12(13(18)10-14(19)22-7-2)17-15(20)23-16(3,4)5/h12H,6-11H2,1-5H3,(H,17,20)/t12-/m1/s1. The number of unbranched alkanes of at least 4 members (excludes halogenated alkanes) is 1. The lowest BCUT2D eigenvalue weighted by atomic mass is 10.1. The van der Waals surface area contributed by atoms with Gasteiger partial charge in [0.2, 0.25) is 0 Å². The fourth-order valence-corrected chi connectivity index (χ4v) is 1.59. The Bertz CT molecular complexity index is 389. The molecule has 134 valence electrons. The third kappa shape index (κ3) is 11.6. The Morgan fingerprint density at radius 3 is 2.30 bits per heavy atom. The van der Waals surface area contributed by atoms with Crippen molar-refractivity contribution >= 4 is 17.8 Å². The first-order valence-corrected chi connectivity index (χ1v) is 7.95. The predicted octanol–water partition coefficient (Wildman–Crippen LogP) is 2.22. The molecule has 0 aromatic heterocycles. The van der Waals surface area contributed by atoms with Crippen LogP contribution in [0.4, 0.5) is 4.79 Å². The molecule has 0 spiro atoms. The van der Waals surface area contributed by atoms with Crippen LogP contribution in [0.1, 0.15) is 53.9 Å². The average Bonchev–Trinajstić information content (AvgIpc) is 2.40. The van der Waals surface area contributed by atoms with E-state index in [2.05, 4.69) is 5.32 Å². The maximum atomic E-state index is 12.1. The summed E-state index contributed by atoms with van der Waals surface area (Å²) in [5, 5.41) is 2.45. The van der Waals surface area contributed by atoms with Gasteiger partial charge in [-0.2, -0.15) is 0 Å². The van der Waals surface area contributed by atoms with E-state index < -0.39 is 35.9 Å². The molecule has 23 heavy (non-hydrogen) atoms. The number of nitrogens with one attached hydrogen (secondary N) is 1. The molecule has 1 amide bonds. The summed E-state index contributed by atoms with van der Waals surface area (Å²) in [5.74, 6) is -1.09. The van der Waals surface area contributed by atoms with E-state index in [-0.39, 0.29) is 13.2 Å². The van der Waals surface area contributed by atoms with Gasteiger partial charge in [0.15, 0.2) is 5.78 Å². The first-order chi connectivity index (χ1) is 10.7. The molecule has 1 atom stereocenters. The van der Waals surface area contributed by atoms with Crippen LogP contribution >= 0.6 is 0 Å². The van der Waals surface area contributed by atoms with Gasteiger partial charge >= 0.3 is 12.1 Å². The highest BCUT2D eigenvalue weighted by molar-refractivity contribution is 5.99. The fourth-order valence-electron chi connectivity index (χ4n) is 1.59. The van der Waals surface area contributed by atoms with E-state index in [1.165, 1.54) is 0 Å². The van der Waals surface area contributed by atoms with Gasteiger partial charge in [0.25, 0.3) is 0 Å². The van der Waals surface area contributed by atoms with E-state index in [9.17, 15) is 14.4 Å². The number of ether oxygens (including phenoxy) is 3. The van der Waals surface area contributed by atoms with Crippen molar-refractivity contribution in [1.82, 2.24) is 5.32 Å². The molecule has 0 saturated carbocycles. The Morgan fingerprint density at radius 1 is 1.13 bits per heavy atom. The molecule has 0 fully saturated rings. The highest BCUT2D eigenvalue weighted by atomic mass is 16.6. The van der Waals surface area contributed by atoms with Gasteiger partial charge in [-0.3, -0.25) is 9.59 Å². The second kappa shape index (κ2) is 11.0. The highest BCUT2D eigenvalue weighted by Crippen LogP contribution is 2.07. The largest absolute Gasteiger partial charge is 0.466 e. The van der Waals surface area contributed by atoms with Crippen molar-refractivity contribution in [3.8, 4) is 0 Å². The van der Waals surface area contributed by atoms with Gasteiger partial charge in [0.1, 0.15) is 18.1 Å². The zero-order chi connectivity index (χ0) is 17.9. The predicted molar refractivity (Wildman–Crippen MR) is 85.1 cm³/mol. The van der Waals surface area contributed by atoms with Crippen LogP contribution in [0.25, 0.3) is 0 Å². The van der Waals surface area contributed by atoms with Crippen molar-refractivity contribution in [2.45, 2.75) is 65.5 Å². The number of Topliss-reactive ketones (excluding diaryl/α,β-unsaturated/α-hetero) is 1. The van der Waals surface area contributed by atoms with Crippen molar-refractivity contribution in [3.63, 3.8) is 0 Å². The number of carbonyl (C=O) groups excluding carboxylic acids is 3. The number of hydrogen-bond donors (Lipinski definition) is 1. The summed E-state index contributed by atoms with van der Waals surface area (Å²) in [6.07, 6.45) is 0.677. The molecule has 0 aliphatic carbocycles. The van der Waals surface area contributed by atoms with Gasteiger partial charge in [-0.15, -0.1) is 0 Å². The molecule has 0 aliphatic rings. The van der Waals surface area contributed by atoms with Gasteiger partial charge in [-0.05, 0) is 34.1 Å². The van der Waals surface area contributed by atoms with Crippen molar-refractivity contribution in [3.05, 3.63) is 0 Å².